The number of rotatable bonds is 5. The van der Waals surface area contributed by atoms with Crippen molar-refractivity contribution in [3.05, 3.63) is 30.1 Å². The SMILES string of the molecule is CN(CCc1ccncc1)CC1CCCCCN1. The van der Waals surface area contributed by atoms with Gasteiger partial charge in [-0.15, -0.1) is 0 Å². The van der Waals surface area contributed by atoms with Crippen LogP contribution in [0.3, 0.4) is 0 Å². The molecule has 3 heteroatoms. The summed E-state index contributed by atoms with van der Waals surface area (Å²) in [5.74, 6) is 0. The van der Waals surface area contributed by atoms with Crippen LogP contribution in [0, 0.1) is 0 Å². The Bertz CT molecular complexity index is 318. The summed E-state index contributed by atoms with van der Waals surface area (Å²) in [6.07, 6.45) is 10.3. The van der Waals surface area contributed by atoms with Crippen LogP contribution in [-0.4, -0.2) is 42.6 Å². The molecule has 1 aliphatic rings. The maximum absolute atomic E-state index is 4.05. The predicted octanol–water partition coefficient (Wildman–Crippen LogP) is 2.09. The van der Waals surface area contributed by atoms with E-state index in [9.17, 15) is 0 Å². The summed E-state index contributed by atoms with van der Waals surface area (Å²) >= 11 is 0. The number of aromatic nitrogens is 1. The Labute approximate surface area is 111 Å². The molecule has 0 aliphatic carbocycles. The third kappa shape index (κ3) is 4.75. The van der Waals surface area contributed by atoms with Gasteiger partial charge in [-0.1, -0.05) is 12.8 Å². The van der Waals surface area contributed by atoms with Gasteiger partial charge in [0.1, 0.15) is 0 Å². The van der Waals surface area contributed by atoms with Crippen molar-refractivity contribution in [2.75, 3.05) is 26.7 Å². The van der Waals surface area contributed by atoms with Gasteiger partial charge < -0.3 is 10.2 Å². The van der Waals surface area contributed by atoms with Crippen LogP contribution in [0.15, 0.2) is 24.5 Å². The van der Waals surface area contributed by atoms with Gasteiger partial charge in [0.05, 0.1) is 0 Å². The smallest absolute Gasteiger partial charge is 0.0270 e. The fourth-order valence-electron chi connectivity index (χ4n) is 2.59. The third-order valence-corrected chi connectivity index (χ3v) is 3.73. The van der Waals surface area contributed by atoms with Crippen molar-refractivity contribution in [1.29, 1.82) is 0 Å². The third-order valence-electron chi connectivity index (χ3n) is 3.73. The lowest BCUT2D eigenvalue weighted by Crippen LogP contribution is -2.39. The Kier molecular flexibility index (Phi) is 5.62. The van der Waals surface area contributed by atoms with Crippen LogP contribution in [0.1, 0.15) is 31.2 Å². The van der Waals surface area contributed by atoms with Crippen molar-refractivity contribution in [3.63, 3.8) is 0 Å². The molecule has 2 heterocycles. The highest BCUT2D eigenvalue weighted by atomic mass is 15.1. The quantitative estimate of drug-likeness (QED) is 0.863. The van der Waals surface area contributed by atoms with Gasteiger partial charge >= 0.3 is 0 Å². The summed E-state index contributed by atoms with van der Waals surface area (Å²) in [4.78, 5) is 6.50. The molecule has 1 aliphatic heterocycles. The molecule has 2 rings (SSSR count). The van der Waals surface area contributed by atoms with Crippen molar-refractivity contribution in [2.24, 2.45) is 0 Å². The fourth-order valence-corrected chi connectivity index (χ4v) is 2.59. The van der Waals surface area contributed by atoms with E-state index in [1.165, 1.54) is 44.3 Å². The molecule has 0 saturated carbocycles. The maximum Gasteiger partial charge on any atom is 0.0270 e. The van der Waals surface area contributed by atoms with Crippen molar-refractivity contribution in [2.45, 2.75) is 38.1 Å². The molecule has 0 spiro atoms. The van der Waals surface area contributed by atoms with Gasteiger partial charge in [0, 0.05) is 31.5 Å². The van der Waals surface area contributed by atoms with Crippen LogP contribution < -0.4 is 5.32 Å². The largest absolute Gasteiger partial charge is 0.313 e. The predicted molar refractivity (Wildman–Crippen MR) is 75.7 cm³/mol. The van der Waals surface area contributed by atoms with Crippen molar-refractivity contribution < 1.29 is 0 Å². The molecule has 1 fully saturated rings. The van der Waals surface area contributed by atoms with E-state index in [2.05, 4.69) is 34.4 Å². The molecule has 1 atom stereocenters. The standard InChI is InChI=1S/C15H25N3/c1-18(12-8-14-6-10-16-11-7-14)13-15-5-3-2-4-9-17-15/h6-7,10-11,15,17H,2-5,8-9,12-13H2,1H3. The van der Waals surface area contributed by atoms with Crippen molar-refractivity contribution in [1.82, 2.24) is 15.2 Å². The zero-order valence-electron chi connectivity index (χ0n) is 11.4. The minimum Gasteiger partial charge on any atom is -0.313 e. The molecular formula is C15H25N3. The van der Waals surface area contributed by atoms with Gasteiger partial charge in [-0.05, 0) is 50.6 Å². The monoisotopic (exact) mass is 247 g/mol. The Morgan fingerprint density at radius 2 is 2.11 bits per heavy atom. The van der Waals surface area contributed by atoms with Crippen LogP contribution in [-0.2, 0) is 6.42 Å². The Hall–Kier alpha value is -0.930. The topological polar surface area (TPSA) is 28.2 Å². The molecule has 1 unspecified atom stereocenters. The first-order valence-corrected chi connectivity index (χ1v) is 7.15. The molecule has 18 heavy (non-hydrogen) atoms. The summed E-state index contributed by atoms with van der Waals surface area (Å²) in [7, 11) is 2.23. The minimum absolute atomic E-state index is 0.690. The van der Waals surface area contributed by atoms with E-state index in [0.29, 0.717) is 6.04 Å². The van der Waals surface area contributed by atoms with Crippen molar-refractivity contribution >= 4 is 0 Å². The van der Waals surface area contributed by atoms with Gasteiger partial charge in [0.25, 0.3) is 0 Å². The first kappa shape index (κ1) is 13.5. The molecule has 1 aromatic rings. The highest BCUT2D eigenvalue weighted by Crippen LogP contribution is 2.09. The van der Waals surface area contributed by atoms with Crippen LogP contribution in [0.2, 0.25) is 0 Å². The van der Waals surface area contributed by atoms with E-state index in [1.54, 1.807) is 0 Å². The first-order chi connectivity index (χ1) is 8.84. The molecule has 3 nitrogen and oxygen atoms in total. The Morgan fingerprint density at radius 3 is 2.94 bits per heavy atom. The molecular weight excluding hydrogens is 222 g/mol. The van der Waals surface area contributed by atoms with Gasteiger partial charge in [0.15, 0.2) is 0 Å². The van der Waals surface area contributed by atoms with Gasteiger partial charge in [-0.2, -0.15) is 0 Å². The van der Waals surface area contributed by atoms with Gasteiger partial charge in [0.2, 0.25) is 0 Å². The molecule has 1 saturated heterocycles. The lowest BCUT2D eigenvalue weighted by atomic mass is 10.1. The summed E-state index contributed by atoms with van der Waals surface area (Å²) in [5.41, 5.74) is 1.38. The number of likely N-dealkylation sites (N-methyl/N-ethyl adjacent to an activating group) is 1. The van der Waals surface area contributed by atoms with Crippen LogP contribution >= 0.6 is 0 Å². The number of pyridine rings is 1. The highest BCUT2D eigenvalue weighted by molar-refractivity contribution is 5.09. The van der Waals surface area contributed by atoms with Gasteiger partial charge in [-0.25, -0.2) is 0 Å². The lowest BCUT2D eigenvalue weighted by molar-refractivity contribution is 0.288. The van der Waals surface area contributed by atoms with E-state index in [0.717, 1.165) is 13.0 Å². The molecule has 0 aromatic carbocycles. The number of nitrogens with zero attached hydrogens (tertiary/aromatic N) is 2. The van der Waals surface area contributed by atoms with Crippen molar-refractivity contribution in [3.8, 4) is 0 Å². The number of hydrogen-bond acceptors (Lipinski definition) is 3. The first-order valence-electron chi connectivity index (χ1n) is 7.15. The second kappa shape index (κ2) is 7.49. The minimum atomic E-state index is 0.690. The average molecular weight is 247 g/mol. The highest BCUT2D eigenvalue weighted by Gasteiger charge is 2.13. The zero-order valence-corrected chi connectivity index (χ0v) is 11.4. The van der Waals surface area contributed by atoms with E-state index in [1.807, 2.05) is 12.4 Å². The number of hydrogen-bond donors (Lipinski definition) is 1. The number of nitrogens with one attached hydrogen (secondary N) is 1. The lowest BCUT2D eigenvalue weighted by Gasteiger charge is -2.23. The molecule has 0 bridgehead atoms. The van der Waals surface area contributed by atoms with Gasteiger partial charge in [-0.3, -0.25) is 4.98 Å². The molecule has 0 amide bonds. The van der Waals surface area contributed by atoms with E-state index < -0.39 is 0 Å². The van der Waals surface area contributed by atoms with E-state index >= 15 is 0 Å². The second-order valence-corrected chi connectivity index (χ2v) is 5.37. The second-order valence-electron chi connectivity index (χ2n) is 5.37. The van der Waals surface area contributed by atoms with E-state index in [-0.39, 0.29) is 0 Å². The summed E-state index contributed by atoms with van der Waals surface area (Å²) in [5, 5.41) is 3.66. The zero-order chi connectivity index (χ0) is 12.6. The molecule has 0 radical (unpaired) electrons. The Morgan fingerprint density at radius 1 is 1.28 bits per heavy atom. The molecule has 1 N–H and O–H groups in total. The summed E-state index contributed by atoms with van der Waals surface area (Å²) < 4.78 is 0. The fraction of sp³-hybridized carbons (Fsp3) is 0.667. The average Bonchev–Trinajstić information content (AvgIpc) is 2.66. The van der Waals surface area contributed by atoms with Crippen LogP contribution in [0.4, 0.5) is 0 Å². The normalized spacial score (nSPS) is 20.9. The summed E-state index contributed by atoms with van der Waals surface area (Å²) in [6.45, 7) is 3.50. The van der Waals surface area contributed by atoms with Crippen LogP contribution in [0.25, 0.3) is 0 Å². The van der Waals surface area contributed by atoms with Crippen LogP contribution in [0.5, 0.6) is 0 Å². The Balaban J connectivity index is 1.69. The molecule has 1 aromatic heterocycles. The molecule has 100 valence electrons. The maximum atomic E-state index is 4.05. The van der Waals surface area contributed by atoms with E-state index in [4.69, 9.17) is 0 Å². The summed E-state index contributed by atoms with van der Waals surface area (Å²) in [6, 6.07) is 4.91.